The second-order valence-electron chi connectivity index (χ2n) is 5.13. The molecule has 20 heavy (non-hydrogen) atoms. The van der Waals surface area contributed by atoms with E-state index in [0.29, 0.717) is 0 Å². The molecule has 0 saturated carbocycles. The number of hydrogen-bond donors (Lipinski definition) is 3. The van der Waals surface area contributed by atoms with E-state index in [-0.39, 0.29) is 30.3 Å². The summed E-state index contributed by atoms with van der Waals surface area (Å²) < 4.78 is 0. The molecule has 0 radical (unpaired) electrons. The Morgan fingerprint density at radius 3 is 2.70 bits per heavy atom. The van der Waals surface area contributed by atoms with Crippen molar-refractivity contribution in [3.05, 3.63) is 35.9 Å². The SMILES string of the molecule is CC(=O)NC(CC(=O)NC1CCNC1)c1ccccc1. The van der Waals surface area contributed by atoms with Crippen LogP contribution in [0.1, 0.15) is 31.4 Å². The van der Waals surface area contributed by atoms with E-state index in [1.54, 1.807) is 0 Å². The molecule has 5 heteroatoms. The summed E-state index contributed by atoms with van der Waals surface area (Å²) >= 11 is 0. The summed E-state index contributed by atoms with van der Waals surface area (Å²) in [5.41, 5.74) is 0.947. The number of benzene rings is 1. The highest BCUT2D eigenvalue weighted by Crippen LogP contribution is 2.16. The van der Waals surface area contributed by atoms with Crippen LogP contribution >= 0.6 is 0 Å². The lowest BCUT2D eigenvalue weighted by Crippen LogP contribution is -2.39. The minimum absolute atomic E-state index is 0.0266. The lowest BCUT2D eigenvalue weighted by Gasteiger charge is -2.19. The molecule has 1 saturated heterocycles. The minimum atomic E-state index is -0.275. The summed E-state index contributed by atoms with van der Waals surface area (Å²) in [5.74, 6) is -0.157. The van der Waals surface area contributed by atoms with Gasteiger partial charge in [-0.15, -0.1) is 0 Å². The van der Waals surface area contributed by atoms with Gasteiger partial charge < -0.3 is 16.0 Å². The average molecular weight is 275 g/mol. The van der Waals surface area contributed by atoms with E-state index < -0.39 is 0 Å². The molecule has 2 rings (SSSR count). The molecule has 3 N–H and O–H groups in total. The van der Waals surface area contributed by atoms with Gasteiger partial charge in [0.05, 0.1) is 12.5 Å². The van der Waals surface area contributed by atoms with Crippen molar-refractivity contribution in [1.29, 1.82) is 0 Å². The van der Waals surface area contributed by atoms with Crippen LogP contribution in [0.3, 0.4) is 0 Å². The Morgan fingerprint density at radius 2 is 2.10 bits per heavy atom. The molecule has 0 spiro atoms. The molecule has 0 aliphatic carbocycles. The van der Waals surface area contributed by atoms with Crippen molar-refractivity contribution in [2.75, 3.05) is 13.1 Å². The van der Waals surface area contributed by atoms with E-state index in [0.717, 1.165) is 25.1 Å². The van der Waals surface area contributed by atoms with Gasteiger partial charge in [-0.1, -0.05) is 30.3 Å². The third-order valence-electron chi connectivity index (χ3n) is 3.39. The maximum Gasteiger partial charge on any atom is 0.222 e. The smallest absolute Gasteiger partial charge is 0.222 e. The number of amides is 2. The van der Waals surface area contributed by atoms with Crippen molar-refractivity contribution in [3.8, 4) is 0 Å². The first-order valence-corrected chi connectivity index (χ1v) is 6.97. The molecular weight excluding hydrogens is 254 g/mol. The van der Waals surface area contributed by atoms with Crippen LogP contribution in [0.5, 0.6) is 0 Å². The van der Waals surface area contributed by atoms with Crippen LogP contribution in [-0.2, 0) is 9.59 Å². The average Bonchev–Trinajstić information content (AvgIpc) is 2.91. The van der Waals surface area contributed by atoms with E-state index in [1.807, 2.05) is 30.3 Å². The maximum absolute atomic E-state index is 12.1. The number of hydrogen-bond acceptors (Lipinski definition) is 3. The predicted molar refractivity (Wildman–Crippen MR) is 77.0 cm³/mol. The van der Waals surface area contributed by atoms with E-state index in [4.69, 9.17) is 0 Å². The van der Waals surface area contributed by atoms with E-state index in [2.05, 4.69) is 16.0 Å². The largest absolute Gasteiger partial charge is 0.352 e. The quantitative estimate of drug-likeness (QED) is 0.742. The Balaban J connectivity index is 1.96. The second-order valence-corrected chi connectivity index (χ2v) is 5.13. The Hall–Kier alpha value is -1.88. The molecule has 1 aromatic rings. The predicted octanol–water partition coefficient (Wildman–Crippen LogP) is 0.732. The number of nitrogens with one attached hydrogen (secondary N) is 3. The van der Waals surface area contributed by atoms with Crippen LogP contribution in [0.2, 0.25) is 0 Å². The van der Waals surface area contributed by atoms with Crippen molar-refractivity contribution in [3.63, 3.8) is 0 Å². The lowest BCUT2D eigenvalue weighted by atomic mass is 10.0. The molecule has 2 amide bonds. The Labute approximate surface area is 119 Å². The first-order valence-electron chi connectivity index (χ1n) is 6.97. The highest BCUT2D eigenvalue weighted by atomic mass is 16.2. The second kappa shape index (κ2) is 7.05. The monoisotopic (exact) mass is 275 g/mol. The summed E-state index contributed by atoms with van der Waals surface area (Å²) in [6.07, 6.45) is 1.22. The standard InChI is InChI=1S/C15H21N3O2/c1-11(19)17-14(12-5-3-2-4-6-12)9-15(20)18-13-7-8-16-10-13/h2-6,13-14,16H,7-10H2,1H3,(H,17,19)(H,18,20). The molecule has 2 unspecified atom stereocenters. The van der Waals surface area contributed by atoms with Gasteiger partial charge in [0.25, 0.3) is 0 Å². The van der Waals surface area contributed by atoms with Crippen LogP contribution in [0, 0.1) is 0 Å². The fourth-order valence-electron chi connectivity index (χ4n) is 2.43. The highest BCUT2D eigenvalue weighted by Gasteiger charge is 2.20. The van der Waals surface area contributed by atoms with E-state index >= 15 is 0 Å². The maximum atomic E-state index is 12.1. The number of rotatable bonds is 5. The molecule has 108 valence electrons. The zero-order chi connectivity index (χ0) is 14.4. The zero-order valence-corrected chi connectivity index (χ0v) is 11.7. The molecular formula is C15H21N3O2. The molecule has 1 heterocycles. The van der Waals surface area contributed by atoms with Crippen molar-refractivity contribution < 1.29 is 9.59 Å². The minimum Gasteiger partial charge on any atom is -0.352 e. The number of carbonyl (C=O) groups is 2. The van der Waals surface area contributed by atoms with Crippen molar-refractivity contribution in [1.82, 2.24) is 16.0 Å². The van der Waals surface area contributed by atoms with Gasteiger partial charge in [-0.2, -0.15) is 0 Å². The molecule has 0 aromatic heterocycles. The third-order valence-corrected chi connectivity index (χ3v) is 3.39. The molecule has 1 aromatic carbocycles. The molecule has 0 bridgehead atoms. The summed E-state index contributed by atoms with van der Waals surface area (Å²) in [5, 5.41) is 9.05. The molecule has 1 fully saturated rings. The highest BCUT2D eigenvalue weighted by molar-refractivity contribution is 5.79. The summed E-state index contributed by atoms with van der Waals surface area (Å²) in [6, 6.07) is 9.50. The zero-order valence-electron chi connectivity index (χ0n) is 11.7. The Bertz CT molecular complexity index is 455. The van der Waals surface area contributed by atoms with Crippen LogP contribution < -0.4 is 16.0 Å². The van der Waals surface area contributed by atoms with Gasteiger partial charge in [0.15, 0.2) is 0 Å². The van der Waals surface area contributed by atoms with Gasteiger partial charge in [-0.25, -0.2) is 0 Å². The molecule has 2 atom stereocenters. The Morgan fingerprint density at radius 1 is 1.35 bits per heavy atom. The third kappa shape index (κ3) is 4.35. The first kappa shape index (κ1) is 14.5. The summed E-state index contributed by atoms with van der Waals surface area (Å²) in [6.45, 7) is 3.23. The van der Waals surface area contributed by atoms with E-state index in [1.165, 1.54) is 6.92 Å². The molecule has 1 aliphatic heterocycles. The van der Waals surface area contributed by atoms with Gasteiger partial charge in [0.2, 0.25) is 11.8 Å². The molecule has 1 aliphatic rings. The lowest BCUT2D eigenvalue weighted by molar-refractivity contribution is -0.123. The first-order chi connectivity index (χ1) is 9.65. The van der Waals surface area contributed by atoms with Crippen LogP contribution in [-0.4, -0.2) is 30.9 Å². The number of carbonyl (C=O) groups excluding carboxylic acids is 2. The van der Waals surface area contributed by atoms with Crippen molar-refractivity contribution >= 4 is 11.8 Å². The fraction of sp³-hybridized carbons (Fsp3) is 0.467. The van der Waals surface area contributed by atoms with Crippen molar-refractivity contribution in [2.45, 2.75) is 31.8 Å². The van der Waals surface area contributed by atoms with Gasteiger partial charge in [-0.3, -0.25) is 9.59 Å². The van der Waals surface area contributed by atoms with Crippen molar-refractivity contribution in [2.24, 2.45) is 0 Å². The van der Waals surface area contributed by atoms with Crippen LogP contribution in [0.25, 0.3) is 0 Å². The van der Waals surface area contributed by atoms with Gasteiger partial charge in [-0.05, 0) is 18.5 Å². The summed E-state index contributed by atoms with van der Waals surface area (Å²) in [4.78, 5) is 23.4. The van der Waals surface area contributed by atoms with Gasteiger partial charge >= 0.3 is 0 Å². The summed E-state index contributed by atoms with van der Waals surface area (Å²) in [7, 11) is 0. The normalized spacial score (nSPS) is 19.4. The molecule has 5 nitrogen and oxygen atoms in total. The van der Waals surface area contributed by atoms with Gasteiger partial charge in [0.1, 0.15) is 0 Å². The Kier molecular flexibility index (Phi) is 5.12. The topological polar surface area (TPSA) is 70.2 Å². The fourth-order valence-corrected chi connectivity index (χ4v) is 2.43. The van der Waals surface area contributed by atoms with Gasteiger partial charge in [0, 0.05) is 19.5 Å². The van der Waals surface area contributed by atoms with Crippen LogP contribution in [0.15, 0.2) is 30.3 Å². The van der Waals surface area contributed by atoms with E-state index in [9.17, 15) is 9.59 Å². The van der Waals surface area contributed by atoms with Crippen LogP contribution in [0.4, 0.5) is 0 Å².